The second kappa shape index (κ2) is 3.99. The van der Waals surface area contributed by atoms with Gasteiger partial charge < -0.3 is 10.2 Å². The van der Waals surface area contributed by atoms with Gasteiger partial charge in [0.25, 0.3) is 0 Å². The number of hydrogen-bond acceptors (Lipinski definition) is 3. The topological polar surface area (TPSA) is 81.3 Å². The van der Waals surface area contributed by atoms with Crippen molar-refractivity contribution in [2.75, 3.05) is 0 Å². The lowest BCUT2D eigenvalue weighted by Gasteiger charge is -2.03. The van der Waals surface area contributed by atoms with Gasteiger partial charge in [-0.15, -0.1) is 11.6 Å². The Hall–Kier alpha value is -1.73. The SMILES string of the molecule is N#Cc1cc(CCl)cc(C(=O)O)c1O. The van der Waals surface area contributed by atoms with Gasteiger partial charge in [0, 0.05) is 5.88 Å². The summed E-state index contributed by atoms with van der Waals surface area (Å²) in [5, 5.41) is 26.6. The molecule has 1 rings (SSSR count). The summed E-state index contributed by atoms with van der Waals surface area (Å²) in [7, 11) is 0. The Morgan fingerprint density at radius 1 is 1.57 bits per heavy atom. The summed E-state index contributed by atoms with van der Waals surface area (Å²) < 4.78 is 0. The number of phenols is 1. The van der Waals surface area contributed by atoms with Gasteiger partial charge in [-0.1, -0.05) is 0 Å². The van der Waals surface area contributed by atoms with Gasteiger partial charge in [0.05, 0.1) is 5.56 Å². The van der Waals surface area contributed by atoms with Crippen LogP contribution in [0, 0.1) is 11.3 Å². The number of carboxylic acid groups (broad SMARTS) is 1. The van der Waals surface area contributed by atoms with Gasteiger partial charge >= 0.3 is 5.97 Å². The molecule has 0 fully saturated rings. The van der Waals surface area contributed by atoms with Crippen molar-refractivity contribution in [2.24, 2.45) is 0 Å². The van der Waals surface area contributed by atoms with Gasteiger partial charge in [0.2, 0.25) is 0 Å². The molecule has 0 spiro atoms. The number of aromatic carboxylic acids is 1. The van der Waals surface area contributed by atoms with E-state index in [0.717, 1.165) is 0 Å². The van der Waals surface area contributed by atoms with E-state index in [-0.39, 0.29) is 17.0 Å². The van der Waals surface area contributed by atoms with Crippen LogP contribution in [0.15, 0.2) is 12.1 Å². The molecule has 72 valence electrons. The Labute approximate surface area is 85.0 Å². The molecular weight excluding hydrogens is 206 g/mol. The van der Waals surface area contributed by atoms with E-state index in [1.165, 1.54) is 12.1 Å². The number of halogens is 1. The largest absolute Gasteiger partial charge is 0.506 e. The minimum Gasteiger partial charge on any atom is -0.506 e. The molecule has 0 radical (unpaired) electrons. The van der Waals surface area contributed by atoms with Crippen molar-refractivity contribution in [3.63, 3.8) is 0 Å². The molecule has 1 aromatic rings. The molecule has 0 heterocycles. The zero-order chi connectivity index (χ0) is 10.7. The quantitative estimate of drug-likeness (QED) is 0.730. The number of nitriles is 1. The number of benzene rings is 1. The zero-order valence-electron chi connectivity index (χ0n) is 6.99. The first kappa shape index (κ1) is 10.4. The molecule has 0 saturated carbocycles. The Bertz CT molecular complexity index is 423. The van der Waals surface area contributed by atoms with Crippen molar-refractivity contribution >= 4 is 17.6 Å². The van der Waals surface area contributed by atoms with Crippen LogP contribution in [0.25, 0.3) is 0 Å². The normalized spacial score (nSPS) is 9.43. The third-order valence-corrected chi connectivity index (χ3v) is 1.98. The molecule has 0 aliphatic rings. The molecule has 5 heteroatoms. The number of carbonyl (C=O) groups is 1. The van der Waals surface area contributed by atoms with Gasteiger partial charge in [-0.25, -0.2) is 4.79 Å². The minimum atomic E-state index is -1.29. The van der Waals surface area contributed by atoms with E-state index in [2.05, 4.69) is 0 Å². The van der Waals surface area contributed by atoms with E-state index in [0.29, 0.717) is 5.56 Å². The maximum absolute atomic E-state index is 10.6. The first-order valence-electron chi connectivity index (χ1n) is 3.65. The van der Waals surface area contributed by atoms with Crippen LogP contribution in [0.2, 0.25) is 0 Å². The summed E-state index contributed by atoms with van der Waals surface area (Å²) in [6.07, 6.45) is 0. The van der Waals surface area contributed by atoms with E-state index in [4.69, 9.17) is 22.0 Å². The van der Waals surface area contributed by atoms with E-state index < -0.39 is 11.7 Å². The summed E-state index contributed by atoms with van der Waals surface area (Å²) >= 11 is 5.50. The lowest BCUT2D eigenvalue weighted by molar-refractivity contribution is 0.0693. The third kappa shape index (κ3) is 1.78. The Balaban J connectivity index is 3.44. The smallest absolute Gasteiger partial charge is 0.339 e. The summed E-state index contributed by atoms with van der Waals surface area (Å²) in [6, 6.07) is 4.29. The van der Waals surface area contributed by atoms with Gasteiger partial charge in [-0.2, -0.15) is 5.26 Å². The molecule has 1 aromatic carbocycles. The average Bonchev–Trinajstić information content (AvgIpc) is 2.17. The first-order chi connectivity index (χ1) is 6.60. The molecule has 2 N–H and O–H groups in total. The molecule has 0 bridgehead atoms. The van der Waals surface area contributed by atoms with E-state index in [1.807, 2.05) is 0 Å². The number of rotatable bonds is 2. The van der Waals surface area contributed by atoms with Gasteiger partial charge in [0.15, 0.2) is 0 Å². The number of alkyl halides is 1. The highest BCUT2D eigenvalue weighted by atomic mass is 35.5. The average molecular weight is 212 g/mol. The van der Waals surface area contributed by atoms with Crippen molar-refractivity contribution in [3.05, 3.63) is 28.8 Å². The number of nitrogens with zero attached hydrogens (tertiary/aromatic N) is 1. The highest BCUT2D eigenvalue weighted by Crippen LogP contribution is 2.24. The Morgan fingerprint density at radius 2 is 2.21 bits per heavy atom. The fraction of sp³-hybridized carbons (Fsp3) is 0.111. The first-order valence-corrected chi connectivity index (χ1v) is 4.18. The molecular formula is C9H6ClNO3. The minimum absolute atomic E-state index is 0.0828. The molecule has 14 heavy (non-hydrogen) atoms. The van der Waals surface area contributed by atoms with Crippen molar-refractivity contribution in [2.45, 2.75) is 5.88 Å². The Kier molecular flexibility index (Phi) is 2.95. The highest BCUT2D eigenvalue weighted by Gasteiger charge is 2.14. The monoisotopic (exact) mass is 211 g/mol. The lowest BCUT2D eigenvalue weighted by Crippen LogP contribution is -1.99. The molecule has 0 aliphatic carbocycles. The van der Waals surface area contributed by atoms with Crippen molar-refractivity contribution in [1.29, 1.82) is 5.26 Å². The predicted molar refractivity (Wildman–Crippen MR) is 49.3 cm³/mol. The maximum atomic E-state index is 10.6. The van der Waals surface area contributed by atoms with E-state index in [1.54, 1.807) is 6.07 Å². The van der Waals surface area contributed by atoms with Gasteiger partial charge in [0.1, 0.15) is 17.4 Å². The molecule has 0 aliphatic heterocycles. The second-order valence-corrected chi connectivity index (χ2v) is 2.86. The summed E-state index contributed by atoms with van der Waals surface area (Å²) in [6.45, 7) is 0. The van der Waals surface area contributed by atoms with Crippen LogP contribution in [0.4, 0.5) is 0 Å². The van der Waals surface area contributed by atoms with Crippen molar-refractivity contribution in [1.82, 2.24) is 0 Å². The van der Waals surface area contributed by atoms with Crippen LogP contribution in [-0.4, -0.2) is 16.2 Å². The maximum Gasteiger partial charge on any atom is 0.339 e. The van der Waals surface area contributed by atoms with E-state index >= 15 is 0 Å². The zero-order valence-corrected chi connectivity index (χ0v) is 7.75. The predicted octanol–water partition coefficient (Wildman–Crippen LogP) is 1.70. The fourth-order valence-electron chi connectivity index (χ4n) is 1.02. The molecule has 0 amide bonds. The lowest BCUT2D eigenvalue weighted by atomic mass is 10.1. The third-order valence-electron chi connectivity index (χ3n) is 1.67. The number of hydrogen-bond donors (Lipinski definition) is 2. The molecule has 0 saturated heterocycles. The second-order valence-electron chi connectivity index (χ2n) is 2.59. The van der Waals surface area contributed by atoms with Crippen molar-refractivity contribution in [3.8, 4) is 11.8 Å². The Morgan fingerprint density at radius 3 is 2.64 bits per heavy atom. The summed E-state index contributed by atoms with van der Waals surface area (Å²) in [4.78, 5) is 10.6. The van der Waals surface area contributed by atoms with Gasteiger partial charge in [-0.3, -0.25) is 0 Å². The highest BCUT2D eigenvalue weighted by molar-refractivity contribution is 6.17. The van der Waals surface area contributed by atoms with Gasteiger partial charge in [-0.05, 0) is 17.7 Å². The van der Waals surface area contributed by atoms with Crippen LogP contribution in [0.3, 0.4) is 0 Å². The van der Waals surface area contributed by atoms with Crippen LogP contribution in [0.5, 0.6) is 5.75 Å². The molecule has 0 aromatic heterocycles. The fourth-order valence-corrected chi connectivity index (χ4v) is 1.17. The summed E-state index contributed by atoms with van der Waals surface area (Å²) in [5.74, 6) is -1.71. The van der Waals surface area contributed by atoms with Crippen molar-refractivity contribution < 1.29 is 15.0 Å². The number of carboxylic acids is 1. The molecule has 0 unspecified atom stereocenters. The number of aromatic hydroxyl groups is 1. The van der Waals surface area contributed by atoms with Crippen LogP contribution in [-0.2, 0) is 5.88 Å². The summed E-state index contributed by atoms with van der Waals surface area (Å²) in [5.41, 5.74) is 0.0960. The van der Waals surface area contributed by atoms with Crippen LogP contribution >= 0.6 is 11.6 Å². The van der Waals surface area contributed by atoms with Crippen LogP contribution in [0.1, 0.15) is 21.5 Å². The molecule has 4 nitrogen and oxygen atoms in total. The van der Waals surface area contributed by atoms with E-state index in [9.17, 15) is 9.90 Å². The van der Waals surface area contributed by atoms with Crippen LogP contribution < -0.4 is 0 Å². The molecule has 0 atom stereocenters. The standard InChI is InChI=1S/C9H6ClNO3/c10-3-5-1-6(4-11)8(12)7(2-5)9(13)14/h1-2,12H,3H2,(H,13,14).